The zero-order chi connectivity index (χ0) is 14.5. The van der Waals surface area contributed by atoms with Crippen molar-refractivity contribution < 1.29 is 9.53 Å². The third-order valence-corrected chi connectivity index (χ3v) is 3.86. The highest BCUT2D eigenvalue weighted by Crippen LogP contribution is 2.27. The largest absolute Gasteiger partial charge is 0.497 e. The van der Waals surface area contributed by atoms with Crippen LogP contribution in [0, 0.1) is 5.92 Å². The second-order valence-electron chi connectivity index (χ2n) is 5.08. The Morgan fingerprint density at radius 2 is 1.55 bits per heavy atom. The maximum atomic E-state index is 12.5. The number of methoxy groups -OCH3 is 1. The standard InChI is InChI=1S/C18H20O2/c1-13(15-7-5-4-6-8-15)14(2)18(19)16-9-11-17(20-3)12-10-16/h4-14H,1-3H3/t13-,14+/m0/s1. The summed E-state index contributed by atoms with van der Waals surface area (Å²) in [6, 6.07) is 17.5. The molecule has 2 aromatic carbocycles. The molecule has 0 spiro atoms. The van der Waals surface area contributed by atoms with Gasteiger partial charge in [0.2, 0.25) is 0 Å². The molecule has 0 saturated carbocycles. The van der Waals surface area contributed by atoms with E-state index in [9.17, 15) is 4.79 Å². The Labute approximate surface area is 120 Å². The van der Waals surface area contributed by atoms with Gasteiger partial charge in [-0.05, 0) is 35.7 Å². The van der Waals surface area contributed by atoms with E-state index < -0.39 is 0 Å². The lowest BCUT2D eigenvalue weighted by molar-refractivity contribution is 0.0915. The fourth-order valence-electron chi connectivity index (χ4n) is 2.29. The van der Waals surface area contributed by atoms with Crippen molar-refractivity contribution in [3.05, 3.63) is 65.7 Å². The highest BCUT2D eigenvalue weighted by atomic mass is 16.5. The summed E-state index contributed by atoms with van der Waals surface area (Å²) in [5, 5.41) is 0. The second kappa shape index (κ2) is 6.38. The van der Waals surface area contributed by atoms with Gasteiger partial charge in [-0.15, -0.1) is 0 Å². The van der Waals surface area contributed by atoms with Crippen molar-refractivity contribution in [3.8, 4) is 5.75 Å². The van der Waals surface area contributed by atoms with E-state index >= 15 is 0 Å². The molecule has 0 aliphatic carbocycles. The van der Waals surface area contributed by atoms with Crippen LogP contribution in [0.4, 0.5) is 0 Å². The minimum atomic E-state index is -0.0502. The van der Waals surface area contributed by atoms with Crippen LogP contribution in [0.25, 0.3) is 0 Å². The predicted molar refractivity (Wildman–Crippen MR) is 81.3 cm³/mol. The molecule has 0 aliphatic rings. The molecular formula is C18H20O2. The summed E-state index contributed by atoms with van der Waals surface area (Å²) in [4.78, 5) is 12.5. The number of carbonyl (C=O) groups excluding carboxylic acids is 1. The maximum Gasteiger partial charge on any atom is 0.166 e. The van der Waals surface area contributed by atoms with Gasteiger partial charge >= 0.3 is 0 Å². The molecule has 0 unspecified atom stereocenters. The number of hydrogen-bond donors (Lipinski definition) is 0. The van der Waals surface area contributed by atoms with Crippen molar-refractivity contribution in [2.75, 3.05) is 7.11 Å². The number of ketones is 1. The Morgan fingerprint density at radius 1 is 0.950 bits per heavy atom. The van der Waals surface area contributed by atoms with Crippen molar-refractivity contribution in [3.63, 3.8) is 0 Å². The summed E-state index contributed by atoms with van der Waals surface area (Å²) in [5.41, 5.74) is 1.93. The van der Waals surface area contributed by atoms with Crippen LogP contribution < -0.4 is 4.74 Å². The highest BCUT2D eigenvalue weighted by Gasteiger charge is 2.22. The zero-order valence-electron chi connectivity index (χ0n) is 12.2. The molecule has 2 atom stereocenters. The Balaban J connectivity index is 2.15. The van der Waals surface area contributed by atoms with Gasteiger partial charge in [0.25, 0.3) is 0 Å². The molecule has 104 valence electrons. The zero-order valence-corrected chi connectivity index (χ0v) is 12.2. The normalized spacial score (nSPS) is 13.6. The minimum absolute atomic E-state index is 0.0502. The summed E-state index contributed by atoms with van der Waals surface area (Å²) >= 11 is 0. The van der Waals surface area contributed by atoms with Gasteiger partial charge in [-0.2, -0.15) is 0 Å². The van der Waals surface area contributed by atoms with Gasteiger partial charge in [-0.3, -0.25) is 4.79 Å². The van der Waals surface area contributed by atoms with Crippen LogP contribution >= 0.6 is 0 Å². The molecule has 2 rings (SSSR count). The third-order valence-electron chi connectivity index (χ3n) is 3.86. The molecule has 0 fully saturated rings. The average Bonchev–Trinajstić information content (AvgIpc) is 2.53. The summed E-state index contributed by atoms with van der Waals surface area (Å²) in [6.45, 7) is 4.09. The highest BCUT2D eigenvalue weighted by molar-refractivity contribution is 5.98. The van der Waals surface area contributed by atoms with Crippen LogP contribution in [0.2, 0.25) is 0 Å². The second-order valence-corrected chi connectivity index (χ2v) is 5.08. The first-order valence-electron chi connectivity index (χ1n) is 6.86. The first-order chi connectivity index (χ1) is 9.63. The third kappa shape index (κ3) is 3.08. The number of ether oxygens (including phenoxy) is 1. The molecule has 0 amide bonds. The first kappa shape index (κ1) is 14.3. The Hall–Kier alpha value is -2.09. The van der Waals surface area contributed by atoms with Gasteiger partial charge in [0.15, 0.2) is 5.78 Å². The lowest BCUT2D eigenvalue weighted by atomic mass is 9.84. The molecule has 0 aliphatic heterocycles. The van der Waals surface area contributed by atoms with Crippen LogP contribution in [0.1, 0.15) is 35.7 Å². The molecule has 2 heteroatoms. The van der Waals surface area contributed by atoms with Crippen molar-refractivity contribution in [2.24, 2.45) is 5.92 Å². The van der Waals surface area contributed by atoms with Crippen molar-refractivity contribution in [1.82, 2.24) is 0 Å². The lowest BCUT2D eigenvalue weighted by Crippen LogP contribution is -2.17. The van der Waals surface area contributed by atoms with E-state index in [4.69, 9.17) is 4.74 Å². The molecule has 0 heterocycles. The van der Waals surface area contributed by atoms with Crippen molar-refractivity contribution >= 4 is 5.78 Å². The lowest BCUT2D eigenvalue weighted by Gasteiger charge is -2.19. The van der Waals surface area contributed by atoms with E-state index in [1.165, 1.54) is 5.56 Å². The van der Waals surface area contributed by atoms with Crippen LogP contribution in [0.5, 0.6) is 5.75 Å². The first-order valence-corrected chi connectivity index (χ1v) is 6.86. The van der Waals surface area contributed by atoms with E-state index in [2.05, 4.69) is 19.1 Å². The Kier molecular flexibility index (Phi) is 4.57. The van der Waals surface area contributed by atoms with Gasteiger partial charge in [0.1, 0.15) is 5.75 Å². The van der Waals surface area contributed by atoms with Gasteiger partial charge in [0, 0.05) is 11.5 Å². The van der Waals surface area contributed by atoms with E-state index in [-0.39, 0.29) is 17.6 Å². The molecule has 2 nitrogen and oxygen atoms in total. The Bertz CT molecular complexity index is 558. The summed E-state index contributed by atoms with van der Waals surface area (Å²) in [7, 11) is 1.62. The quantitative estimate of drug-likeness (QED) is 0.755. The van der Waals surface area contributed by atoms with Gasteiger partial charge in [-0.25, -0.2) is 0 Å². The van der Waals surface area contributed by atoms with Crippen molar-refractivity contribution in [1.29, 1.82) is 0 Å². The number of hydrogen-bond acceptors (Lipinski definition) is 2. The van der Waals surface area contributed by atoms with Crippen molar-refractivity contribution in [2.45, 2.75) is 19.8 Å². The van der Waals surface area contributed by atoms with Gasteiger partial charge in [-0.1, -0.05) is 44.2 Å². The van der Waals surface area contributed by atoms with Gasteiger partial charge < -0.3 is 4.74 Å². The maximum absolute atomic E-state index is 12.5. The van der Waals surface area contributed by atoms with Crippen LogP contribution in [-0.4, -0.2) is 12.9 Å². The van der Waals surface area contributed by atoms with E-state index in [1.54, 1.807) is 7.11 Å². The fourth-order valence-corrected chi connectivity index (χ4v) is 2.29. The molecule has 20 heavy (non-hydrogen) atoms. The topological polar surface area (TPSA) is 26.3 Å². The summed E-state index contributed by atoms with van der Waals surface area (Å²) in [6.07, 6.45) is 0. The molecule has 2 aromatic rings. The minimum Gasteiger partial charge on any atom is -0.497 e. The summed E-state index contributed by atoms with van der Waals surface area (Å²) in [5.74, 6) is 1.09. The van der Waals surface area contributed by atoms with Crippen LogP contribution in [0.15, 0.2) is 54.6 Å². The van der Waals surface area contributed by atoms with Gasteiger partial charge in [0.05, 0.1) is 7.11 Å². The van der Waals surface area contributed by atoms with E-state index in [1.807, 2.05) is 49.4 Å². The van der Waals surface area contributed by atoms with E-state index in [0.29, 0.717) is 0 Å². The summed E-state index contributed by atoms with van der Waals surface area (Å²) < 4.78 is 5.11. The molecule has 0 bridgehead atoms. The van der Waals surface area contributed by atoms with Crippen LogP contribution in [0.3, 0.4) is 0 Å². The molecule has 0 saturated heterocycles. The molecule has 0 aromatic heterocycles. The molecule has 0 N–H and O–H groups in total. The number of rotatable bonds is 5. The smallest absolute Gasteiger partial charge is 0.166 e. The number of benzene rings is 2. The molecular weight excluding hydrogens is 248 g/mol. The molecule has 0 radical (unpaired) electrons. The average molecular weight is 268 g/mol. The van der Waals surface area contributed by atoms with E-state index in [0.717, 1.165) is 11.3 Å². The fraction of sp³-hybridized carbons (Fsp3) is 0.278. The number of Topliss-reactive ketones (excluding diaryl/α,β-unsaturated/α-hetero) is 1. The van der Waals surface area contributed by atoms with Crippen LogP contribution in [-0.2, 0) is 0 Å². The number of carbonyl (C=O) groups is 1. The SMILES string of the molecule is COc1ccc(C(=O)[C@H](C)[C@H](C)c2ccccc2)cc1. The Morgan fingerprint density at radius 3 is 2.10 bits per heavy atom. The monoisotopic (exact) mass is 268 g/mol. The predicted octanol–water partition coefficient (Wildman–Crippen LogP) is 4.32.